The van der Waals surface area contributed by atoms with Gasteiger partial charge in [0.15, 0.2) is 0 Å². The molecule has 0 atom stereocenters. The summed E-state index contributed by atoms with van der Waals surface area (Å²) in [4.78, 5) is 36.0. The highest BCUT2D eigenvalue weighted by Crippen LogP contribution is 2.15. The van der Waals surface area contributed by atoms with Gasteiger partial charge in [-0.2, -0.15) is 0 Å². The summed E-state index contributed by atoms with van der Waals surface area (Å²) in [6, 6.07) is 13.3. The number of benzene rings is 1. The highest BCUT2D eigenvalue weighted by molar-refractivity contribution is 5.98. The van der Waals surface area contributed by atoms with E-state index in [4.69, 9.17) is 0 Å². The van der Waals surface area contributed by atoms with Crippen LogP contribution in [0, 0.1) is 0 Å². The van der Waals surface area contributed by atoms with Crippen molar-refractivity contribution in [1.29, 1.82) is 0 Å². The van der Waals surface area contributed by atoms with Crippen LogP contribution >= 0.6 is 0 Å². The van der Waals surface area contributed by atoms with Crippen LogP contribution in [0.5, 0.6) is 0 Å². The van der Waals surface area contributed by atoms with Crippen molar-refractivity contribution >= 4 is 11.8 Å². The van der Waals surface area contributed by atoms with E-state index in [1.165, 1.54) is 0 Å². The van der Waals surface area contributed by atoms with E-state index in [1.807, 2.05) is 56.1 Å². The summed E-state index contributed by atoms with van der Waals surface area (Å²) < 4.78 is 0. The average Bonchev–Trinajstić information content (AvgIpc) is 2.72. The first-order valence-electron chi connectivity index (χ1n) is 9.74. The molecule has 28 heavy (non-hydrogen) atoms. The van der Waals surface area contributed by atoms with Crippen molar-refractivity contribution < 1.29 is 9.59 Å². The van der Waals surface area contributed by atoms with Crippen LogP contribution in [-0.2, 0) is 6.54 Å². The third-order valence-corrected chi connectivity index (χ3v) is 5.10. The molecule has 6 nitrogen and oxygen atoms in total. The van der Waals surface area contributed by atoms with Crippen molar-refractivity contribution in [2.45, 2.75) is 26.4 Å². The number of aromatic nitrogens is 1. The van der Waals surface area contributed by atoms with Crippen LogP contribution < -0.4 is 0 Å². The number of carbonyl (C=O) groups is 2. The van der Waals surface area contributed by atoms with Crippen molar-refractivity contribution in [2.75, 3.05) is 33.2 Å². The fraction of sp³-hybridized carbons (Fsp3) is 0.409. The lowest BCUT2D eigenvalue weighted by Crippen LogP contribution is -2.47. The molecule has 1 aliphatic heterocycles. The number of piperazine rings is 1. The highest BCUT2D eigenvalue weighted by atomic mass is 16.2. The third kappa shape index (κ3) is 4.75. The Morgan fingerprint density at radius 1 is 1.07 bits per heavy atom. The molecule has 3 rings (SSSR count). The summed E-state index contributed by atoms with van der Waals surface area (Å²) in [6.45, 7) is 7.59. The molecule has 0 aliphatic carbocycles. The molecule has 1 saturated heterocycles. The van der Waals surface area contributed by atoms with Crippen molar-refractivity contribution in [3.8, 4) is 0 Å². The van der Waals surface area contributed by atoms with E-state index in [2.05, 4.69) is 9.88 Å². The molecule has 1 aliphatic rings. The van der Waals surface area contributed by atoms with Crippen LogP contribution in [0.15, 0.2) is 48.7 Å². The molecule has 0 saturated carbocycles. The first kappa shape index (κ1) is 20.0. The lowest BCUT2D eigenvalue weighted by molar-refractivity contribution is 0.0658. The Kier molecular flexibility index (Phi) is 6.41. The van der Waals surface area contributed by atoms with Gasteiger partial charge in [-0.25, -0.2) is 0 Å². The van der Waals surface area contributed by atoms with E-state index in [0.717, 1.165) is 18.7 Å². The van der Waals surface area contributed by atoms with Crippen LogP contribution in [0.2, 0.25) is 0 Å². The number of rotatable bonds is 5. The fourth-order valence-corrected chi connectivity index (χ4v) is 3.29. The maximum absolute atomic E-state index is 13.2. The topological polar surface area (TPSA) is 56.8 Å². The largest absolute Gasteiger partial charge is 0.335 e. The summed E-state index contributed by atoms with van der Waals surface area (Å²) >= 11 is 0. The van der Waals surface area contributed by atoms with Crippen molar-refractivity contribution in [3.05, 3.63) is 65.5 Å². The molecular formula is C22H28N4O2. The van der Waals surface area contributed by atoms with Crippen LogP contribution in [0.25, 0.3) is 0 Å². The molecule has 0 bridgehead atoms. The molecule has 0 spiro atoms. The second-order valence-corrected chi connectivity index (χ2v) is 7.54. The van der Waals surface area contributed by atoms with E-state index in [9.17, 15) is 9.59 Å². The first-order chi connectivity index (χ1) is 13.5. The Labute approximate surface area is 166 Å². The average molecular weight is 380 g/mol. The van der Waals surface area contributed by atoms with E-state index in [-0.39, 0.29) is 17.9 Å². The third-order valence-electron chi connectivity index (χ3n) is 5.10. The number of hydrogen-bond acceptors (Lipinski definition) is 4. The van der Waals surface area contributed by atoms with Gasteiger partial charge >= 0.3 is 0 Å². The molecule has 2 aromatic rings. The Balaban J connectivity index is 1.77. The standard InChI is InChI=1S/C22H28N4O2/c1-17(2)26(16-18-7-5-4-6-8-18)21(27)19-9-10-23-20(15-19)22(28)25-13-11-24(3)12-14-25/h4-10,15,17H,11-14,16H2,1-3H3. The number of nitrogens with zero attached hydrogens (tertiary/aromatic N) is 4. The van der Waals surface area contributed by atoms with Gasteiger partial charge in [-0.15, -0.1) is 0 Å². The number of hydrogen-bond donors (Lipinski definition) is 0. The predicted octanol–water partition coefficient (Wildman–Crippen LogP) is 2.52. The maximum atomic E-state index is 13.2. The number of likely N-dealkylation sites (N-methyl/N-ethyl adjacent to an activating group) is 1. The normalized spacial score (nSPS) is 14.9. The Hall–Kier alpha value is -2.73. The van der Waals surface area contributed by atoms with Gasteiger partial charge in [0, 0.05) is 50.5 Å². The molecule has 6 heteroatoms. The number of amides is 2. The second-order valence-electron chi connectivity index (χ2n) is 7.54. The van der Waals surface area contributed by atoms with E-state index < -0.39 is 0 Å². The summed E-state index contributed by atoms with van der Waals surface area (Å²) in [6.07, 6.45) is 1.55. The molecule has 2 amide bonds. The quantitative estimate of drug-likeness (QED) is 0.800. The Bertz CT molecular complexity index is 814. The molecule has 1 aromatic heterocycles. The van der Waals surface area contributed by atoms with Gasteiger partial charge in [0.25, 0.3) is 11.8 Å². The summed E-state index contributed by atoms with van der Waals surface area (Å²) in [7, 11) is 2.05. The lowest BCUT2D eigenvalue weighted by Gasteiger charge is -2.32. The van der Waals surface area contributed by atoms with Crippen LogP contribution in [0.4, 0.5) is 0 Å². The molecule has 1 aromatic carbocycles. The zero-order valence-corrected chi connectivity index (χ0v) is 16.8. The Morgan fingerprint density at radius 3 is 2.39 bits per heavy atom. The zero-order valence-electron chi connectivity index (χ0n) is 16.8. The van der Waals surface area contributed by atoms with E-state index in [1.54, 1.807) is 23.2 Å². The molecule has 148 valence electrons. The van der Waals surface area contributed by atoms with Gasteiger partial charge in [0.2, 0.25) is 0 Å². The van der Waals surface area contributed by atoms with Crippen molar-refractivity contribution in [2.24, 2.45) is 0 Å². The fourth-order valence-electron chi connectivity index (χ4n) is 3.29. The number of pyridine rings is 1. The Morgan fingerprint density at radius 2 is 1.75 bits per heavy atom. The smallest absolute Gasteiger partial charge is 0.272 e. The van der Waals surface area contributed by atoms with Crippen LogP contribution in [-0.4, -0.2) is 70.8 Å². The number of carbonyl (C=O) groups excluding carboxylic acids is 2. The van der Waals surface area contributed by atoms with Gasteiger partial charge in [0.1, 0.15) is 5.69 Å². The summed E-state index contributed by atoms with van der Waals surface area (Å²) in [5, 5.41) is 0. The molecular weight excluding hydrogens is 352 g/mol. The summed E-state index contributed by atoms with van der Waals surface area (Å²) in [5.74, 6) is -0.199. The molecule has 1 fully saturated rings. The molecule has 2 heterocycles. The van der Waals surface area contributed by atoms with Crippen molar-refractivity contribution in [3.63, 3.8) is 0 Å². The van der Waals surface area contributed by atoms with Crippen molar-refractivity contribution in [1.82, 2.24) is 19.7 Å². The minimum Gasteiger partial charge on any atom is -0.335 e. The monoisotopic (exact) mass is 380 g/mol. The zero-order chi connectivity index (χ0) is 20.1. The van der Waals surface area contributed by atoms with Gasteiger partial charge in [-0.3, -0.25) is 14.6 Å². The van der Waals surface area contributed by atoms with Gasteiger partial charge in [0.05, 0.1) is 0 Å². The summed E-state index contributed by atoms with van der Waals surface area (Å²) in [5.41, 5.74) is 1.91. The van der Waals surface area contributed by atoms with Gasteiger partial charge < -0.3 is 14.7 Å². The minimum absolute atomic E-state index is 0.0395. The van der Waals surface area contributed by atoms with Gasteiger partial charge in [-0.1, -0.05) is 30.3 Å². The first-order valence-corrected chi connectivity index (χ1v) is 9.74. The van der Waals surface area contributed by atoms with E-state index in [0.29, 0.717) is 30.9 Å². The maximum Gasteiger partial charge on any atom is 0.272 e. The van der Waals surface area contributed by atoms with Gasteiger partial charge in [-0.05, 0) is 38.6 Å². The predicted molar refractivity (Wildman–Crippen MR) is 109 cm³/mol. The molecule has 0 unspecified atom stereocenters. The SMILES string of the molecule is CC(C)N(Cc1ccccc1)C(=O)c1ccnc(C(=O)N2CCN(C)CC2)c1. The molecule has 0 radical (unpaired) electrons. The highest BCUT2D eigenvalue weighted by Gasteiger charge is 2.24. The molecule has 0 N–H and O–H groups in total. The van der Waals surface area contributed by atoms with E-state index >= 15 is 0 Å². The van der Waals surface area contributed by atoms with Crippen LogP contribution in [0.3, 0.4) is 0 Å². The van der Waals surface area contributed by atoms with Crippen LogP contribution in [0.1, 0.15) is 40.3 Å². The second kappa shape index (κ2) is 8.97. The lowest BCUT2D eigenvalue weighted by atomic mass is 10.1. The minimum atomic E-state index is -0.109.